The summed E-state index contributed by atoms with van der Waals surface area (Å²) in [5.74, 6) is 0. The van der Waals surface area contributed by atoms with E-state index >= 15 is 0 Å². The van der Waals surface area contributed by atoms with Crippen molar-refractivity contribution in [3.8, 4) is 0 Å². The Labute approximate surface area is 146 Å². The summed E-state index contributed by atoms with van der Waals surface area (Å²) in [6.07, 6.45) is 1.68. The van der Waals surface area contributed by atoms with Gasteiger partial charge in [-0.1, -0.05) is 23.2 Å². The van der Waals surface area contributed by atoms with Crippen molar-refractivity contribution >= 4 is 41.1 Å². The molecule has 1 amide bonds. The fraction of sp³-hybridized carbons (Fsp3) is 0.562. The molecule has 0 atom stereocenters. The molecular weight excluding hydrogens is 341 g/mol. The lowest BCUT2D eigenvalue weighted by molar-refractivity contribution is 0.0219. The fourth-order valence-corrected chi connectivity index (χ4v) is 3.75. The lowest BCUT2D eigenvalue weighted by Crippen LogP contribution is -2.42. The summed E-state index contributed by atoms with van der Waals surface area (Å²) in [6, 6.07) is 5.70. The number of carbonyl (C=O) groups excluding carboxylic acids is 1. The van der Waals surface area contributed by atoms with Crippen LogP contribution in [0.1, 0.15) is 33.6 Å². The Kier molecular flexibility index (Phi) is 5.92. The zero-order valence-corrected chi connectivity index (χ0v) is 15.4. The molecule has 22 heavy (non-hydrogen) atoms. The van der Waals surface area contributed by atoms with Crippen LogP contribution in [0, 0.1) is 0 Å². The minimum absolute atomic E-state index is 0.217. The van der Waals surface area contributed by atoms with Gasteiger partial charge in [0.05, 0.1) is 10.0 Å². The van der Waals surface area contributed by atoms with Crippen LogP contribution < -0.4 is 0 Å². The Bertz CT molecular complexity index is 537. The van der Waals surface area contributed by atoms with Crippen LogP contribution in [0.3, 0.4) is 0 Å². The molecule has 0 spiro atoms. The highest BCUT2D eigenvalue weighted by Crippen LogP contribution is 2.34. The van der Waals surface area contributed by atoms with Crippen molar-refractivity contribution in [2.24, 2.45) is 0 Å². The topological polar surface area (TPSA) is 29.5 Å². The van der Waals surface area contributed by atoms with Crippen LogP contribution in [-0.4, -0.2) is 34.9 Å². The lowest BCUT2D eigenvalue weighted by atomic mass is 10.1. The van der Waals surface area contributed by atoms with Crippen molar-refractivity contribution in [2.75, 3.05) is 13.1 Å². The highest BCUT2D eigenvalue weighted by atomic mass is 35.5. The first-order valence-electron chi connectivity index (χ1n) is 7.34. The van der Waals surface area contributed by atoms with Gasteiger partial charge in [0.1, 0.15) is 5.60 Å². The Morgan fingerprint density at radius 3 is 2.41 bits per heavy atom. The number of carbonyl (C=O) groups is 1. The molecule has 2 rings (SSSR count). The third kappa shape index (κ3) is 5.25. The van der Waals surface area contributed by atoms with Gasteiger partial charge < -0.3 is 9.64 Å². The van der Waals surface area contributed by atoms with Crippen molar-refractivity contribution in [3.05, 3.63) is 28.2 Å². The van der Waals surface area contributed by atoms with Gasteiger partial charge in [0.25, 0.3) is 0 Å². The first-order valence-corrected chi connectivity index (χ1v) is 8.98. The number of benzene rings is 1. The second-order valence-electron chi connectivity index (χ2n) is 6.36. The number of hydrogen-bond donors (Lipinski definition) is 0. The van der Waals surface area contributed by atoms with E-state index in [9.17, 15) is 4.79 Å². The number of piperidine rings is 1. The number of ether oxygens (including phenoxy) is 1. The van der Waals surface area contributed by atoms with E-state index in [1.807, 2.05) is 39.0 Å². The van der Waals surface area contributed by atoms with E-state index in [0.717, 1.165) is 30.8 Å². The molecular formula is C16H21Cl2NO2S. The van der Waals surface area contributed by atoms with E-state index in [1.165, 1.54) is 0 Å². The van der Waals surface area contributed by atoms with Crippen molar-refractivity contribution in [1.82, 2.24) is 4.90 Å². The molecule has 3 nitrogen and oxygen atoms in total. The molecule has 0 saturated carbocycles. The highest BCUT2D eigenvalue weighted by molar-refractivity contribution is 8.00. The molecule has 0 N–H and O–H groups in total. The zero-order valence-electron chi connectivity index (χ0n) is 13.1. The Balaban J connectivity index is 1.84. The van der Waals surface area contributed by atoms with Gasteiger partial charge in [0.15, 0.2) is 0 Å². The van der Waals surface area contributed by atoms with E-state index in [4.69, 9.17) is 27.9 Å². The monoisotopic (exact) mass is 361 g/mol. The molecule has 1 aliphatic rings. The van der Waals surface area contributed by atoms with Gasteiger partial charge in [0.2, 0.25) is 0 Å². The number of nitrogens with zero attached hydrogens (tertiary/aromatic N) is 1. The molecule has 1 aromatic rings. The molecule has 6 heteroatoms. The van der Waals surface area contributed by atoms with E-state index in [-0.39, 0.29) is 6.09 Å². The fourth-order valence-electron chi connectivity index (χ4n) is 2.23. The average molecular weight is 362 g/mol. The van der Waals surface area contributed by atoms with Crippen molar-refractivity contribution in [3.63, 3.8) is 0 Å². The van der Waals surface area contributed by atoms with Crippen molar-refractivity contribution in [1.29, 1.82) is 0 Å². The number of thioether (sulfide) groups is 1. The van der Waals surface area contributed by atoms with Crippen LogP contribution in [0.2, 0.25) is 10.0 Å². The normalized spacial score (nSPS) is 16.7. The Hall–Kier alpha value is -0.580. The molecule has 1 heterocycles. The van der Waals surface area contributed by atoms with Gasteiger partial charge >= 0.3 is 6.09 Å². The number of amides is 1. The molecule has 1 aromatic carbocycles. The molecule has 0 radical (unpaired) electrons. The third-order valence-corrected chi connectivity index (χ3v) is 5.36. The summed E-state index contributed by atoms with van der Waals surface area (Å²) in [5, 5.41) is 1.64. The standard InChI is InChI=1S/C16H21Cl2NO2S/c1-16(2,3)21-15(20)19-8-6-11(7-9-19)22-12-4-5-13(17)14(18)10-12/h4-5,10-11H,6-9H2,1-3H3. The summed E-state index contributed by atoms with van der Waals surface area (Å²) in [6.45, 7) is 7.12. The van der Waals surface area contributed by atoms with Crippen molar-refractivity contribution in [2.45, 2.75) is 49.4 Å². The Morgan fingerprint density at radius 2 is 1.86 bits per heavy atom. The maximum absolute atomic E-state index is 12.0. The highest BCUT2D eigenvalue weighted by Gasteiger charge is 2.27. The van der Waals surface area contributed by atoms with E-state index in [1.54, 1.807) is 16.7 Å². The van der Waals surface area contributed by atoms with Crippen LogP contribution in [0.25, 0.3) is 0 Å². The molecule has 1 aliphatic heterocycles. The number of likely N-dealkylation sites (tertiary alicyclic amines) is 1. The number of rotatable bonds is 2. The minimum atomic E-state index is -0.442. The number of hydrogen-bond acceptors (Lipinski definition) is 3. The van der Waals surface area contributed by atoms with Gasteiger partial charge in [-0.3, -0.25) is 0 Å². The van der Waals surface area contributed by atoms with Gasteiger partial charge in [0, 0.05) is 23.2 Å². The predicted molar refractivity (Wildman–Crippen MR) is 93.1 cm³/mol. The molecule has 0 unspecified atom stereocenters. The molecule has 0 aromatic heterocycles. The summed E-state index contributed by atoms with van der Waals surface area (Å²) in [5.41, 5.74) is -0.442. The van der Waals surface area contributed by atoms with Crippen LogP contribution >= 0.6 is 35.0 Å². The zero-order chi connectivity index (χ0) is 16.3. The average Bonchev–Trinajstić information content (AvgIpc) is 2.42. The predicted octanol–water partition coefficient (Wildman–Crippen LogP) is 5.49. The molecule has 1 fully saturated rings. The molecule has 0 bridgehead atoms. The molecule has 0 aliphatic carbocycles. The van der Waals surface area contributed by atoms with Gasteiger partial charge in [-0.25, -0.2) is 4.79 Å². The largest absolute Gasteiger partial charge is 0.444 e. The SMILES string of the molecule is CC(C)(C)OC(=O)N1CCC(Sc2ccc(Cl)c(Cl)c2)CC1. The van der Waals surface area contributed by atoms with Crippen LogP contribution in [0.4, 0.5) is 4.79 Å². The van der Waals surface area contributed by atoms with E-state index < -0.39 is 5.60 Å². The van der Waals surface area contributed by atoms with E-state index in [2.05, 4.69) is 0 Å². The van der Waals surface area contributed by atoms with Gasteiger partial charge in [-0.2, -0.15) is 0 Å². The quantitative estimate of drug-likeness (QED) is 0.697. The molecule has 122 valence electrons. The van der Waals surface area contributed by atoms with Crippen LogP contribution in [0.5, 0.6) is 0 Å². The third-order valence-electron chi connectivity index (χ3n) is 3.29. The van der Waals surface area contributed by atoms with Crippen LogP contribution in [0.15, 0.2) is 23.1 Å². The summed E-state index contributed by atoms with van der Waals surface area (Å²) < 4.78 is 5.41. The van der Waals surface area contributed by atoms with Crippen molar-refractivity contribution < 1.29 is 9.53 Å². The second-order valence-corrected chi connectivity index (χ2v) is 8.55. The second kappa shape index (κ2) is 7.33. The maximum atomic E-state index is 12.0. The molecule has 1 saturated heterocycles. The summed E-state index contributed by atoms with van der Waals surface area (Å²) in [4.78, 5) is 14.9. The number of halogens is 2. The van der Waals surface area contributed by atoms with Gasteiger partial charge in [-0.15, -0.1) is 11.8 Å². The summed E-state index contributed by atoms with van der Waals surface area (Å²) in [7, 11) is 0. The first-order chi connectivity index (χ1) is 10.2. The maximum Gasteiger partial charge on any atom is 0.410 e. The first kappa shape index (κ1) is 17.8. The smallest absolute Gasteiger partial charge is 0.410 e. The summed E-state index contributed by atoms with van der Waals surface area (Å²) >= 11 is 13.8. The lowest BCUT2D eigenvalue weighted by Gasteiger charge is -2.33. The Morgan fingerprint density at radius 1 is 1.23 bits per heavy atom. The van der Waals surface area contributed by atoms with Crippen LogP contribution in [-0.2, 0) is 4.74 Å². The minimum Gasteiger partial charge on any atom is -0.444 e. The van der Waals surface area contributed by atoms with Gasteiger partial charge in [-0.05, 0) is 51.8 Å². The van der Waals surface area contributed by atoms with E-state index in [0.29, 0.717) is 15.3 Å².